The summed E-state index contributed by atoms with van der Waals surface area (Å²) in [5, 5.41) is 7.09. The molecule has 1 aromatic rings. The van der Waals surface area contributed by atoms with Crippen LogP contribution in [0, 0.1) is 0 Å². The standard InChI is InChI=1S/C15H24N4O2/c1-6-12-11(8-16-18(12)5)14(21)17-10-7-13(20)19(9-10)15(2,3)4/h8,10H,6-7,9H2,1-5H3,(H,17,21). The van der Waals surface area contributed by atoms with Gasteiger partial charge < -0.3 is 10.2 Å². The van der Waals surface area contributed by atoms with Crippen LogP contribution in [-0.4, -0.2) is 44.6 Å². The van der Waals surface area contributed by atoms with Crippen molar-refractivity contribution in [2.75, 3.05) is 6.54 Å². The summed E-state index contributed by atoms with van der Waals surface area (Å²) in [5.41, 5.74) is 1.30. The van der Waals surface area contributed by atoms with E-state index in [4.69, 9.17) is 0 Å². The summed E-state index contributed by atoms with van der Waals surface area (Å²) in [7, 11) is 1.83. The fourth-order valence-corrected chi connectivity index (χ4v) is 2.79. The van der Waals surface area contributed by atoms with Gasteiger partial charge in [-0.05, 0) is 27.2 Å². The second kappa shape index (κ2) is 5.50. The molecule has 0 bridgehead atoms. The van der Waals surface area contributed by atoms with E-state index in [2.05, 4.69) is 10.4 Å². The van der Waals surface area contributed by atoms with E-state index in [1.807, 2.05) is 39.6 Å². The number of nitrogens with one attached hydrogen (secondary N) is 1. The van der Waals surface area contributed by atoms with Crippen molar-refractivity contribution >= 4 is 11.8 Å². The molecule has 1 atom stereocenters. The van der Waals surface area contributed by atoms with Crippen LogP contribution in [0.5, 0.6) is 0 Å². The Morgan fingerprint density at radius 1 is 1.48 bits per heavy atom. The molecule has 1 fully saturated rings. The van der Waals surface area contributed by atoms with Gasteiger partial charge in [0.05, 0.1) is 23.5 Å². The van der Waals surface area contributed by atoms with Gasteiger partial charge in [-0.3, -0.25) is 14.3 Å². The summed E-state index contributed by atoms with van der Waals surface area (Å²) >= 11 is 0. The molecule has 2 amide bonds. The predicted molar refractivity (Wildman–Crippen MR) is 79.9 cm³/mol. The van der Waals surface area contributed by atoms with Crippen LogP contribution < -0.4 is 5.32 Å². The highest BCUT2D eigenvalue weighted by Gasteiger charge is 2.37. The van der Waals surface area contributed by atoms with Gasteiger partial charge >= 0.3 is 0 Å². The van der Waals surface area contributed by atoms with Crippen molar-refractivity contribution in [3.63, 3.8) is 0 Å². The molecule has 21 heavy (non-hydrogen) atoms. The number of hydrogen-bond donors (Lipinski definition) is 1. The molecule has 1 aromatic heterocycles. The maximum absolute atomic E-state index is 12.4. The van der Waals surface area contributed by atoms with Crippen molar-refractivity contribution in [1.82, 2.24) is 20.0 Å². The summed E-state index contributed by atoms with van der Waals surface area (Å²) in [4.78, 5) is 26.2. The summed E-state index contributed by atoms with van der Waals surface area (Å²) in [5.74, 6) is -0.0526. The maximum atomic E-state index is 12.4. The van der Waals surface area contributed by atoms with Crippen LogP contribution in [0.25, 0.3) is 0 Å². The molecule has 0 saturated carbocycles. The molecule has 0 aromatic carbocycles. The topological polar surface area (TPSA) is 67.2 Å². The smallest absolute Gasteiger partial charge is 0.255 e. The van der Waals surface area contributed by atoms with Crippen molar-refractivity contribution in [1.29, 1.82) is 0 Å². The number of aromatic nitrogens is 2. The first kappa shape index (κ1) is 15.5. The first-order valence-electron chi connectivity index (χ1n) is 7.36. The number of aryl methyl sites for hydroxylation is 1. The summed E-state index contributed by atoms with van der Waals surface area (Å²) in [6.45, 7) is 8.58. The lowest BCUT2D eigenvalue weighted by molar-refractivity contribution is -0.131. The van der Waals surface area contributed by atoms with Crippen molar-refractivity contribution in [3.8, 4) is 0 Å². The molecule has 2 rings (SSSR count). The fourth-order valence-electron chi connectivity index (χ4n) is 2.79. The summed E-state index contributed by atoms with van der Waals surface area (Å²) in [6.07, 6.45) is 2.70. The summed E-state index contributed by atoms with van der Waals surface area (Å²) in [6, 6.07) is -0.130. The lowest BCUT2D eigenvalue weighted by Gasteiger charge is -2.32. The van der Waals surface area contributed by atoms with Gasteiger partial charge in [0.25, 0.3) is 5.91 Å². The number of nitrogens with zero attached hydrogens (tertiary/aromatic N) is 3. The Labute approximate surface area is 125 Å². The Balaban J connectivity index is 2.06. The molecule has 0 aliphatic carbocycles. The van der Waals surface area contributed by atoms with E-state index in [9.17, 15) is 9.59 Å². The Bertz CT molecular complexity index is 557. The highest BCUT2D eigenvalue weighted by molar-refractivity contribution is 5.96. The van der Waals surface area contributed by atoms with E-state index in [1.165, 1.54) is 0 Å². The molecular formula is C15H24N4O2. The van der Waals surface area contributed by atoms with Crippen molar-refractivity contribution in [2.24, 2.45) is 7.05 Å². The van der Waals surface area contributed by atoms with Crippen LogP contribution in [0.2, 0.25) is 0 Å². The third kappa shape index (κ3) is 3.09. The number of rotatable bonds is 3. The number of likely N-dealkylation sites (tertiary alicyclic amines) is 1. The lowest BCUT2D eigenvalue weighted by atomic mass is 10.1. The van der Waals surface area contributed by atoms with Crippen LogP contribution in [0.15, 0.2) is 6.20 Å². The molecule has 1 unspecified atom stereocenters. The first-order chi connectivity index (χ1) is 9.74. The van der Waals surface area contributed by atoms with Gasteiger partial charge in [0.2, 0.25) is 5.91 Å². The molecule has 1 saturated heterocycles. The van der Waals surface area contributed by atoms with Crippen LogP contribution in [0.1, 0.15) is 50.2 Å². The molecule has 6 heteroatoms. The summed E-state index contributed by atoms with van der Waals surface area (Å²) < 4.78 is 1.72. The maximum Gasteiger partial charge on any atom is 0.255 e. The van der Waals surface area contributed by atoms with E-state index >= 15 is 0 Å². The van der Waals surface area contributed by atoms with Gasteiger partial charge in [0.1, 0.15) is 0 Å². The minimum absolute atomic E-state index is 0.0923. The molecule has 6 nitrogen and oxygen atoms in total. The second-order valence-corrected chi connectivity index (χ2v) is 6.53. The number of carbonyl (C=O) groups is 2. The van der Waals surface area contributed by atoms with E-state index in [0.29, 0.717) is 18.5 Å². The Hall–Kier alpha value is -1.85. The molecule has 116 valence electrons. The van der Waals surface area contributed by atoms with E-state index < -0.39 is 0 Å². The predicted octanol–water partition coefficient (Wildman–Crippen LogP) is 1.11. The molecule has 1 aliphatic rings. The zero-order valence-electron chi connectivity index (χ0n) is 13.4. The van der Waals surface area contributed by atoms with Gasteiger partial charge in [-0.1, -0.05) is 6.92 Å². The quantitative estimate of drug-likeness (QED) is 0.907. The van der Waals surface area contributed by atoms with Crippen LogP contribution in [-0.2, 0) is 18.3 Å². The lowest BCUT2D eigenvalue weighted by Crippen LogP contribution is -2.44. The average Bonchev–Trinajstić information content (AvgIpc) is 2.91. The monoisotopic (exact) mass is 292 g/mol. The third-order valence-electron chi connectivity index (χ3n) is 3.91. The Morgan fingerprint density at radius 2 is 2.14 bits per heavy atom. The minimum Gasteiger partial charge on any atom is -0.347 e. The average molecular weight is 292 g/mol. The molecule has 1 N–H and O–H groups in total. The Kier molecular flexibility index (Phi) is 4.07. The zero-order valence-corrected chi connectivity index (χ0v) is 13.4. The number of amides is 2. The Morgan fingerprint density at radius 3 is 2.67 bits per heavy atom. The van der Waals surface area contributed by atoms with Crippen LogP contribution >= 0.6 is 0 Å². The van der Waals surface area contributed by atoms with Gasteiger partial charge in [0, 0.05) is 25.6 Å². The van der Waals surface area contributed by atoms with Crippen molar-refractivity contribution in [3.05, 3.63) is 17.5 Å². The van der Waals surface area contributed by atoms with Gasteiger partial charge in [-0.25, -0.2) is 0 Å². The van der Waals surface area contributed by atoms with Gasteiger partial charge in [-0.2, -0.15) is 5.10 Å². The third-order valence-corrected chi connectivity index (χ3v) is 3.91. The van der Waals surface area contributed by atoms with Crippen LogP contribution in [0.3, 0.4) is 0 Å². The second-order valence-electron chi connectivity index (χ2n) is 6.53. The van der Waals surface area contributed by atoms with Crippen LogP contribution in [0.4, 0.5) is 0 Å². The van der Waals surface area contributed by atoms with E-state index in [1.54, 1.807) is 10.9 Å². The number of hydrogen-bond acceptors (Lipinski definition) is 3. The normalized spacial score (nSPS) is 19.2. The zero-order chi connectivity index (χ0) is 15.8. The first-order valence-corrected chi connectivity index (χ1v) is 7.36. The number of carbonyl (C=O) groups excluding carboxylic acids is 2. The molecule has 1 aliphatic heterocycles. The fraction of sp³-hybridized carbons (Fsp3) is 0.667. The highest BCUT2D eigenvalue weighted by atomic mass is 16.2. The molecule has 2 heterocycles. The minimum atomic E-state index is -0.209. The van der Waals surface area contributed by atoms with Crippen molar-refractivity contribution in [2.45, 2.75) is 52.1 Å². The van der Waals surface area contributed by atoms with Gasteiger partial charge in [-0.15, -0.1) is 0 Å². The molecular weight excluding hydrogens is 268 g/mol. The van der Waals surface area contributed by atoms with E-state index in [-0.39, 0.29) is 23.4 Å². The largest absolute Gasteiger partial charge is 0.347 e. The van der Waals surface area contributed by atoms with E-state index in [0.717, 1.165) is 12.1 Å². The van der Waals surface area contributed by atoms with Crippen molar-refractivity contribution < 1.29 is 9.59 Å². The SMILES string of the molecule is CCc1c(C(=O)NC2CC(=O)N(C(C)(C)C)C2)cnn1C. The molecule has 0 spiro atoms. The molecule has 0 radical (unpaired) electrons. The highest BCUT2D eigenvalue weighted by Crippen LogP contribution is 2.22. The van der Waals surface area contributed by atoms with Gasteiger partial charge in [0.15, 0.2) is 0 Å².